The molecule has 79 heavy (non-hydrogen) atoms. The molecule has 0 saturated heterocycles. The van der Waals surface area contributed by atoms with Gasteiger partial charge in [0.15, 0.2) is 0 Å². The Morgan fingerprint density at radius 2 is 1.10 bits per heavy atom. The number of methoxy groups -OCH3 is 6. The van der Waals surface area contributed by atoms with Crippen LogP contribution in [0.3, 0.4) is 0 Å². The molecule has 400 valence electrons. The molecule has 6 aromatic carbocycles. The number of halogens is 6. The highest BCUT2D eigenvalue weighted by molar-refractivity contribution is 7.14. The van der Waals surface area contributed by atoms with E-state index < -0.39 is 56.1 Å². The molecule has 13 rings (SSSR count). The van der Waals surface area contributed by atoms with Crippen LogP contribution in [-0.4, -0.2) is 95.9 Å². The monoisotopic (exact) mass is 1100 g/mol. The van der Waals surface area contributed by atoms with Crippen LogP contribution in [0.2, 0.25) is 0 Å². The van der Waals surface area contributed by atoms with E-state index in [4.69, 9.17) is 43.4 Å². The van der Waals surface area contributed by atoms with Crippen molar-refractivity contribution in [3.8, 4) is 34.5 Å². The quantitative estimate of drug-likeness (QED) is 0.0757. The first-order chi connectivity index (χ1) is 37.9. The summed E-state index contributed by atoms with van der Waals surface area (Å²) in [6.07, 6.45) is -11.7. The zero-order chi connectivity index (χ0) is 55.5. The summed E-state index contributed by atoms with van der Waals surface area (Å²) in [5.74, 6) is 0.0839. The van der Waals surface area contributed by atoms with E-state index in [0.717, 1.165) is 0 Å². The van der Waals surface area contributed by atoms with Gasteiger partial charge in [0.1, 0.15) is 72.8 Å². The predicted molar refractivity (Wildman–Crippen MR) is 282 cm³/mol. The molecule has 4 aliphatic heterocycles. The number of nitrogens with zero attached hydrogens (tertiary/aromatic N) is 7. The third-order valence-corrected chi connectivity index (χ3v) is 16.0. The van der Waals surface area contributed by atoms with E-state index >= 15 is 13.2 Å². The highest BCUT2D eigenvalue weighted by atomic mass is 32.1. The molecule has 3 aromatic heterocycles. The fourth-order valence-electron chi connectivity index (χ4n) is 11.7. The molecule has 1 atom stereocenters. The highest BCUT2D eigenvalue weighted by Gasteiger charge is 2.53. The van der Waals surface area contributed by atoms with Crippen molar-refractivity contribution in [1.29, 1.82) is 0 Å². The maximum absolute atomic E-state index is 15.9. The van der Waals surface area contributed by atoms with Crippen LogP contribution in [0.1, 0.15) is 38.2 Å². The first-order valence-electron chi connectivity index (χ1n) is 24.0. The van der Waals surface area contributed by atoms with Crippen LogP contribution in [0.5, 0.6) is 34.5 Å². The number of aliphatic carboxylic acids is 1. The fourth-order valence-corrected chi connectivity index (χ4v) is 12.8. The Morgan fingerprint density at radius 3 is 1.62 bits per heavy atom. The molecule has 0 radical (unpaired) electrons. The number of anilines is 1. The molecule has 3 N–H and O–H groups in total. The number of amidine groups is 3. The number of hydrogen-bond acceptors (Lipinski definition) is 13. The van der Waals surface area contributed by atoms with Crippen molar-refractivity contribution in [3.05, 3.63) is 121 Å². The van der Waals surface area contributed by atoms with Crippen LogP contribution in [-0.2, 0) is 25.1 Å². The lowest BCUT2D eigenvalue weighted by Crippen LogP contribution is -2.47. The Hall–Kier alpha value is -9.32. The molecule has 0 amide bonds. The van der Waals surface area contributed by atoms with Crippen molar-refractivity contribution >= 4 is 106 Å². The summed E-state index contributed by atoms with van der Waals surface area (Å²) in [5.41, 5.74) is 1.74. The lowest BCUT2D eigenvalue weighted by atomic mass is 9.97. The number of hydrazine groups is 2. The number of alkyl halides is 6. The Kier molecular flexibility index (Phi) is 10.7. The largest absolute Gasteiger partial charge is 0.496 e. The van der Waals surface area contributed by atoms with Gasteiger partial charge in [0.2, 0.25) is 6.17 Å². The van der Waals surface area contributed by atoms with Crippen LogP contribution in [0, 0.1) is 0 Å². The van der Waals surface area contributed by atoms with Gasteiger partial charge in [-0.1, -0.05) is 78.3 Å². The molecule has 0 spiro atoms. The van der Waals surface area contributed by atoms with Crippen molar-refractivity contribution in [1.82, 2.24) is 14.7 Å². The predicted octanol–water partition coefficient (Wildman–Crippen LogP) is 9.41. The van der Waals surface area contributed by atoms with E-state index in [1.165, 1.54) is 44.7 Å². The Bertz CT molecular complexity index is 4570. The smallest absolute Gasteiger partial charge is 0.426 e. The third-order valence-electron chi connectivity index (χ3n) is 14.8. The van der Waals surface area contributed by atoms with E-state index in [1.807, 2.05) is 47.0 Å². The van der Waals surface area contributed by atoms with Crippen LogP contribution < -0.4 is 50.2 Å². The first-order valence-corrected chi connectivity index (χ1v) is 24.9. The van der Waals surface area contributed by atoms with Gasteiger partial charge in [-0.3, -0.25) is 9.13 Å². The number of hydrogen-bond donors (Lipinski definition) is 3. The lowest BCUT2D eigenvalue weighted by Gasteiger charge is -2.22. The summed E-state index contributed by atoms with van der Waals surface area (Å²) < 4.78 is 136. The van der Waals surface area contributed by atoms with Gasteiger partial charge in [0.25, 0.3) is 17.1 Å². The topological polar surface area (TPSA) is 170 Å². The van der Waals surface area contributed by atoms with Gasteiger partial charge in [-0.05, 0) is 20.7 Å². The molecule has 0 saturated carbocycles. The van der Waals surface area contributed by atoms with Crippen LogP contribution >= 0.6 is 11.3 Å². The van der Waals surface area contributed by atoms with Crippen molar-refractivity contribution in [2.45, 2.75) is 18.5 Å². The van der Waals surface area contributed by atoms with Gasteiger partial charge >= 0.3 is 30.0 Å². The van der Waals surface area contributed by atoms with Crippen molar-refractivity contribution in [2.75, 3.05) is 48.0 Å². The Labute approximate surface area is 445 Å². The first kappa shape index (κ1) is 49.3. The number of carbonyl (C=O) groups is 1. The summed E-state index contributed by atoms with van der Waals surface area (Å²) in [6.45, 7) is 0. The van der Waals surface area contributed by atoms with E-state index in [2.05, 4.69) is 10.9 Å². The summed E-state index contributed by atoms with van der Waals surface area (Å²) in [6, 6.07) is 21.9. The normalized spacial score (nSPS) is 15.6. The average molecular weight is 1100 g/mol. The molecule has 6 bridgehead atoms. The number of carboxylic acid groups (broad SMARTS) is 1. The molecule has 1 unspecified atom stereocenters. The molecule has 7 heterocycles. The van der Waals surface area contributed by atoms with Crippen molar-refractivity contribution in [3.63, 3.8) is 0 Å². The molecule has 17 nitrogen and oxygen atoms in total. The van der Waals surface area contributed by atoms with Gasteiger partial charge in [-0.15, -0.1) is 16.0 Å². The number of hydrazone groups is 2. The maximum Gasteiger partial charge on any atom is 0.426 e. The molecule has 0 fully saturated rings. The number of benzene rings is 6. The molecule has 24 heteroatoms. The number of aliphatic imine (C=N–C) groups is 1. The van der Waals surface area contributed by atoms with Crippen molar-refractivity contribution < 1.29 is 74.0 Å². The number of aromatic nitrogens is 2. The molecular formula is C55H41F6N9O8S+2. The number of fused-ring (bicyclic) bond motifs is 19. The minimum absolute atomic E-state index is 0.0543. The SMILES string of the molecule is COc1c2c(c(OC)c3ccccc13)C1=[N+]3N[N+]4=C(N=c5c6c(C=C(C(=O)O)C(F)(F)F)sc(C(F)(F)F)c6c(n5C)=N1)c1c(c(OC)c5ccccc5c1OC)C4Nc1c4c(OC)c5ccccc5c(OC)c4c(n1C)N=C23. The van der Waals surface area contributed by atoms with Gasteiger partial charge < -0.3 is 38.8 Å². The summed E-state index contributed by atoms with van der Waals surface area (Å²) >= 11 is -0.0727. The lowest BCUT2D eigenvalue weighted by molar-refractivity contribution is -0.786. The van der Waals surface area contributed by atoms with E-state index in [9.17, 15) is 23.1 Å². The second kappa shape index (κ2) is 17.1. The highest BCUT2D eigenvalue weighted by Crippen LogP contribution is 2.55. The zero-order valence-electron chi connectivity index (χ0n) is 42.7. The average Bonchev–Trinajstić information content (AvgIpc) is 2.75. The van der Waals surface area contributed by atoms with Gasteiger partial charge in [-0.2, -0.15) is 31.3 Å². The van der Waals surface area contributed by atoms with E-state index in [-0.39, 0.29) is 74.3 Å². The number of nitrogens with one attached hydrogen (secondary N) is 2. The molecule has 9 aromatic rings. The zero-order valence-corrected chi connectivity index (χ0v) is 43.5. The maximum atomic E-state index is 15.9. The minimum atomic E-state index is -5.50. The summed E-state index contributed by atoms with van der Waals surface area (Å²) in [5, 5.41) is 17.2. The molecule has 0 aliphatic carbocycles. The third kappa shape index (κ3) is 6.56. The number of rotatable bonds is 8. The van der Waals surface area contributed by atoms with E-state index in [0.29, 0.717) is 77.5 Å². The number of carboxylic acids is 1. The van der Waals surface area contributed by atoms with Crippen LogP contribution in [0.4, 0.5) is 38.0 Å². The molecular weight excluding hydrogens is 1060 g/mol. The van der Waals surface area contributed by atoms with E-state index in [1.54, 1.807) is 56.3 Å². The standard InChI is InChI=1S/C55H39F6N9O8S/c1-67-45-30-29(21-28(53(71)72)54(56,57)58)79-44(55(59,60)61)37(30)48(67)65-52-36-35(42(77-7)26-19-13-14-20-27(26)43(36)78-8)51-64-47-32-31(38(73-3)22-15-9-10-16-23(22)39(32)74-4)46(68(47)2)63-50-34-33(49(62-45)69(50)66-70(51)52)40(75-5)24-17-11-12-18-25(24)41(34)76-6/h9-21,50,66H,1-8H3/p+2. The van der Waals surface area contributed by atoms with Crippen molar-refractivity contribution in [2.24, 2.45) is 29.1 Å². The Morgan fingerprint density at radius 1 is 0.620 bits per heavy atom. The molecule has 4 aliphatic rings. The second-order valence-corrected chi connectivity index (χ2v) is 19.7. The second-order valence-electron chi connectivity index (χ2n) is 18.6. The van der Waals surface area contributed by atoms with Crippen LogP contribution in [0.25, 0.3) is 59.9 Å². The number of thiophene rings is 1. The summed E-state index contributed by atoms with van der Waals surface area (Å²) in [4.78, 5) is 26.3. The van der Waals surface area contributed by atoms with Gasteiger partial charge in [0, 0.05) is 56.7 Å². The van der Waals surface area contributed by atoms with Gasteiger partial charge in [0.05, 0.1) is 64.6 Å². The fraction of sp³-hybridized carbons (Fsp3) is 0.200. The Balaban J connectivity index is 1.34. The van der Waals surface area contributed by atoms with Crippen LogP contribution in [0.15, 0.2) is 93.3 Å². The minimum Gasteiger partial charge on any atom is -0.496 e. The van der Waals surface area contributed by atoms with Gasteiger partial charge in [-0.25, -0.2) is 4.79 Å². The number of ether oxygens (including phenoxy) is 6. The summed E-state index contributed by atoms with van der Waals surface area (Å²) in [7, 11) is 12.1.